The molecule has 0 aromatic heterocycles. The highest BCUT2D eigenvalue weighted by atomic mass is 16.5. The zero-order chi connectivity index (χ0) is 19.0. The van der Waals surface area contributed by atoms with Crippen molar-refractivity contribution in [2.75, 3.05) is 37.4 Å². The molecule has 1 atom stereocenters. The van der Waals surface area contributed by atoms with Gasteiger partial charge in [-0.15, -0.1) is 0 Å². The number of benzene rings is 1. The molecule has 0 spiro atoms. The molecular formula is C18H29N3O4. The van der Waals surface area contributed by atoms with Gasteiger partial charge in [-0.2, -0.15) is 0 Å². The van der Waals surface area contributed by atoms with Gasteiger partial charge in [0, 0.05) is 25.7 Å². The number of piperazine rings is 1. The number of ether oxygens (including phenoxy) is 2. The van der Waals surface area contributed by atoms with Gasteiger partial charge < -0.3 is 25.4 Å². The third kappa shape index (κ3) is 6.62. The molecule has 1 unspecified atom stereocenters. The molecule has 7 nitrogen and oxygen atoms in total. The first-order valence-corrected chi connectivity index (χ1v) is 8.26. The lowest BCUT2D eigenvalue weighted by Gasteiger charge is -2.36. The smallest absolute Gasteiger partial charge is 0.337 e. The van der Waals surface area contributed by atoms with Gasteiger partial charge in [0.05, 0.1) is 24.0 Å². The normalized spacial score (nSPS) is 17.2. The number of hydrogen-bond donors (Lipinski definition) is 2. The first-order chi connectivity index (χ1) is 11.7. The fraction of sp³-hybridized carbons (Fsp3) is 0.556. The first kappa shape index (κ1) is 20.8. The van der Waals surface area contributed by atoms with Crippen molar-refractivity contribution in [3.05, 3.63) is 23.8 Å². The van der Waals surface area contributed by atoms with Gasteiger partial charge in [-0.1, -0.05) is 0 Å². The summed E-state index contributed by atoms with van der Waals surface area (Å²) in [6.07, 6.45) is 0. The number of nitrogens with one attached hydrogen (secondary N) is 1. The number of rotatable bonds is 3. The number of nitrogens with zero attached hydrogens (tertiary/aromatic N) is 1. The molecule has 1 saturated heterocycles. The molecule has 2 rings (SSSR count). The van der Waals surface area contributed by atoms with Crippen LogP contribution >= 0.6 is 0 Å². The van der Waals surface area contributed by atoms with Crippen LogP contribution in [-0.4, -0.2) is 50.8 Å². The lowest BCUT2D eigenvalue weighted by Crippen LogP contribution is -2.50. The fourth-order valence-corrected chi connectivity index (χ4v) is 2.40. The topological polar surface area (TPSA) is 93.9 Å². The number of methoxy groups -OCH3 is 1. The minimum Gasteiger partial charge on any atom is -0.465 e. The van der Waals surface area contributed by atoms with E-state index < -0.39 is 0 Å². The van der Waals surface area contributed by atoms with Gasteiger partial charge in [-0.25, -0.2) is 4.79 Å². The third-order valence-electron chi connectivity index (χ3n) is 3.66. The van der Waals surface area contributed by atoms with Gasteiger partial charge in [0.2, 0.25) is 0 Å². The molecule has 1 aromatic rings. The van der Waals surface area contributed by atoms with Crippen LogP contribution < -0.4 is 16.0 Å². The van der Waals surface area contributed by atoms with E-state index in [0.29, 0.717) is 23.8 Å². The van der Waals surface area contributed by atoms with E-state index in [9.17, 15) is 9.59 Å². The quantitative estimate of drug-likeness (QED) is 0.487. The van der Waals surface area contributed by atoms with Crippen LogP contribution in [0.3, 0.4) is 0 Å². The number of nitrogen functional groups attached to an aromatic ring is 1. The van der Waals surface area contributed by atoms with Crippen LogP contribution in [0.15, 0.2) is 18.2 Å². The zero-order valence-corrected chi connectivity index (χ0v) is 15.7. The molecule has 3 N–H and O–H groups in total. The van der Waals surface area contributed by atoms with E-state index in [4.69, 9.17) is 5.73 Å². The van der Waals surface area contributed by atoms with Crippen molar-refractivity contribution in [1.29, 1.82) is 0 Å². The van der Waals surface area contributed by atoms with Gasteiger partial charge in [-0.05, 0) is 45.9 Å². The number of esters is 1. The molecule has 1 fully saturated rings. The monoisotopic (exact) mass is 351 g/mol. The number of carbonyl (C=O) groups is 2. The Bertz CT molecular complexity index is 584. The summed E-state index contributed by atoms with van der Waals surface area (Å²) in [5, 5.41) is 3.34. The summed E-state index contributed by atoms with van der Waals surface area (Å²) in [7, 11) is 1.37. The highest BCUT2D eigenvalue weighted by Gasteiger charge is 2.20. The number of nitrogens with two attached hydrogens (primary N) is 1. The Labute approximate surface area is 149 Å². The second-order valence-electron chi connectivity index (χ2n) is 6.84. The minimum absolute atomic E-state index is 0.318. The molecule has 0 radical (unpaired) electrons. The summed E-state index contributed by atoms with van der Waals surface area (Å²) >= 11 is 0. The molecule has 1 aliphatic rings. The summed E-state index contributed by atoms with van der Waals surface area (Å²) in [5.74, 6) is -0.360. The van der Waals surface area contributed by atoms with Crippen LogP contribution in [0.5, 0.6) is 0 Å². The maximum Gasteiger partial charge on any atom is 0.337 e. The van der Waals surface area contributed by atoms with E-state index >= 15 is 0 Å². The molecule has 1 aliphatic heterocycles. The minimum atomic E-state index is -0.360. The third-order valence-corrected chi connectivity index (χ3v) is 3.66. The predicted octanol–water partition coefficient (Wildman–Crippen LogP) is 1.81. The van der Waals surface area contributed by atoms with Crippen molar-refractivity contribution in [2.24, 2.45) is 0 Å². The Morgan fingerprint density at radius 3 is 2.52 bits per heavy atom. The van der Waals surface area contributed by atoms with E-state index in [1.54, 1.807) is 12.1 Å². The van der Waals surface area contributed by atoms with Crippen LogP contribution in [0.2, 0.25) is 0 Å². The summed E-state index contributed by atoms with van der Waals surface area (Å²) < 4.78 is 9.23. The Kier molecular flexibility index (Phi) is 7.70. The Balaban J connectivity index is 0.000000381. The van der Waals surface area contributed by atoms with Crippen molar-refractivity contribution in [3.63, 3.8) is 0 Å². The maximum absolute atomic E-state index is 11.4. The average molecular weight is 351 g/mol. The van der Waals surface area contributed by atoms with Crippen LogP contribution in [-0.2, 0) is 14.3 Å². The molecule has 1 aromatic carbocycles. The van der Waals surface area contributed by atoms with E-state index in [1.165, 1.54) is 7.11 Å². The van der Waals surface area contributed by atoms with Crippen LogP contribution in [0, 0.1) is 0 Å². The fourth-order valence-electron chi connectivity index (χ4n) is 2.40. The van der Waals surface area contributed by atoms with Crippen molar-refractivity contribution in [3.8, 4) is 0 Å². The largest absolute Gasteiger partial charge is 0.465 e. The molecule has 25 heavy (non-hydrogen) atoms. The Morgan fingerprint density at radius 2 is 2.08 bits per heavy atom. The zero-order valence-electron chi connectivity index (χ0n) is 15.7. The number of anilines is 2. The SMILES string of the molecule is CC(C)(C)OC=O.COC(=O)c1ccc(N2CCNCC2C)c(N)c1. The van der Waals surface area contributed by atoms with Crippen LogP contribution in [0.25, 0.3) is 0 Å². The van der Waals surface area contributed by atoms with Crippen molar-refractivity contribution >= 4 is 23.8 Å². The van der Waals surface area contributed by atoms with Gasteiger partial charge in [-0.3, -0.25) is 4.79 Å². The van der Waals surface area contributed by atoms with Gasteiger partial charge in [0.15, 0.2) is 0 Å². The Hall–Kier alpha value is -2.28. The Morgan fingerprint density at radius 1 is 1.40 bits per heavy atom. The first-order valence-electron chi connectivity index (χ1n) is 8.26. The molecule has 1 heterocycles. The van der Waals surface area contributed by atoms with Crippen LogP contribution in [0.1, 0.15) is 38.1 Å². The van der Waals surface area contributed by atoms with Crippen molar-refractivity contribution < 1.29 is 19.1 Å². The number of carbonyl (C=O) groups excluding carboxylic acids is 2. The molecule has 0 saturated carbocycles. The second kappa shape index (κ2) is 9.27. The van der Waals surface area contributed by atoms with Crippen molar-refractivity contribution in [2.45, 2.75) is 39.3 Å². The summed E-state index contributed by atoms with van der Waals surface area (Å²) in [5.41, 5.74) is 7.81. The molecule has 0 aliphatic carbocycles. The molecule has 0 amide bonds. The summed E-state index contributed by atoms with van der Waals surface area (Å²) in [6.45, 7) is 10.9. The number of hydrogen-bond acceptors (Lipinski definition) is 7. The van der Waals surface area contributed by atoms with E-state index in [1.807, 2.05) is 26.8 Å². The van der Waals surface area contributed by atoms with Gasteiger partial charge in [0.25, 0.3) is 6.47 Å². The van der Waals surface area contributed by atoms with Crippen molar-refractivity contribution in [1.82, 2.24) is 5.32 Å². The molecular weight excluding hydrogens is 322 g/mol. The van der Waals surface area contributed by atoms with Crippen LogP contribution in [0.4, 0.5) is 11.4 Å². The summed E-state index contributed by atoms with van der Waals surface area (Å²) in [6, 6.07) is 5.72. The lowest BCUT2D eigenvalue weighted by atomic mass is 10.1. The maximum atomic E-state index is 11.4. The van der Waals surface area contributed by atoms with E-state index in [2.05, 4.69) is 26.6 Å². The molecule has 7 heteroatoms. The average Bonchev–Trinajstić information content (AvgIpc) is 2.54. The summed E-state index contributed by atoms with van der Waals surface area (Å²) in [4.78, 5) is 23.3. The lowest BCUT2D eigenvalue weighted by molar-refractivity contribution is -0.138. The second-order valence-corrected chi connectivity index (χ2v) is 6.84. The highest BCUT2D eigenvalue weighted by molar-refractivity contribution is 5.92. The van der Waals surface area contributed by atoms with E-state index in [-0.39, 0.29) is 11.6 Å². The van der Waals surface area contributed by atoms with E-state index in [0.717, 1.165) is 25.3 Å². The molecule has 0 bridgehead atoms. The highest BCUT2D eigenvalue weighted by Crippen LogP contribution is 2.27. The standard InChI is InChI=1S/C13H19N3O2.C5H10O2/c1-9-8-15-5-6-16(9)12-4-3-10(7-11(12)14)13(17)18-2;1-5(2,3)7-4-6/h3-4,7,9,15H,5-6,8,14H2,1-2H3;4H,1-3H3. The van der Waals surface area contributed by atoms with Gasteiger partial charge >= 0.3 is 5.97 Å². The van der Waals surface area contributed by atoms with Gasteiger partial charge in [0.1, 0.15) is 5.60 Å². The predicted molar refractivity (Wildman–Crippen MR) is 98.8 cm³/mol. The molecule has 140 valence electrons.